The van der Waals surface area contributed by atoms with Crippen LogP contribution in [-0.2, 0) is 0 Å². The van der Waals surface area contributed by atoms with E-state index in [1.165, 1.54) is 116 Å². The number of alkyl halides is 1. The van der Waals surface area contributed by atoms with Crippen molar-refractivity contribution in [2.75, 3.05) is 0 Å². The van der Waals surface area contributed by atoms with Gasteiger partial charge in [-0.2, -0.15) is 0 Å². The molecule has 0 aliphatic heterocycles. The zero-order valence-corrected chi connectivity index (χ0v) is 16.9. The van der Waals surface area contributed by atoms with E-state index in [9.17, 15) is 0 Å². The fourth-order valence-electron chi connectivity index (χ4n) is 3.27. The molecule has 23 heavy (non-hydrogen) atoms. The third-order valence-corrected chi connectivity index (χ3v) is 5.09. The second-order valence-electron chi connectivity index (χ2n) is 7.40. The minimum Gasteiger partial charge on any atom is -0.123 e. The fraction of sp³-hybridized carbons (Fsp3) is 0.955. The Morgan fingerprint density at radius 3 is 1.04 bits per heavy atom. The minimum absolute atomic E-state index is 0.121. The van der Waals surface area contributed by atoms with Crippen LogP contribution in [0, 0.1) is 6.92 Å². The van der Waals surface area contributed by atoms with E-state index in [1.807, 2.05) is 0 Å². The quantitative estimate of drug-likeness (QED) is 0.162. The Bertz CT molecular complexity index is 200. The highest BCUT2D eigenvalue weighted by Crippen LogP contribution is 2.15. The van der Waals surface area contributed by atoms with E-state index in [4.69, 9.17) is 11.6 Å². The summed E-state index contributed by atoms with van der Waals surface area (Å²) in [4.78, 5) is 0. The number of rotatable bonds is 19. The first-order valence-corrected chi connectivity index (χ1v) is 11.2. The molecule has 0 rings (SSSR count). The number of unbranched alkanes of at least 4 members (excludes halogenated alkanes) is 17. The maximum absolute atomic E-state index is 5.84. The van der Waals surface area contributed by atoms with Crippen molar-refractivity contribution in [2.45, 2.75) is 134 Å². The Balaban J connectivity index is 2.95. The van der Waals surface area contributed by atoms with E-state index in [0.717, 1.165) is 6.42 Å². The Morgan fingerprint density at radius 2 is 0.783 bits per heavy atom. The van der Waals surface area contributed by atoms with Crippen molar-refractivity contribution in [1.82, 2.24) is 0 Å². The van der Waals surface area contributed by atoms with Crippen LogP contribution in [0.25, 0.3) is 0 Å². The lowest BCUT2D eigenvalue weighted by molar-refractivity contribution is 0.523. The smallest absolute Gasteiger partial charge is 0.0336 e. The van der Waals surface area contributed by atoms with Crippen molar-refractivity contribution in [3.05, 3.63) is 6.92 Å². The molecule has 0 aromatic heterocycles. The van der Waals surface area contributed by atoms with Gasteiger partial charge in [0.25, 0.3) is 0 Å². The molecular formula is C22H44Cl. The highest BCUT2D eigenvalue weighted by Gasteiger charge is 1.97. The summed E-state index contributed by atoms with van der Waals surface area (Å²) >= 11 is 5.84. The van der Waals surface area contributed by atoms with E-state index in [1.54, 1.807) is 0 Å². The second kappa shape index (κ2) is 20.3. The molecule has 1 radical (unpaired) electrons. The molecular weight excluding hydrogens is 300 g/mol. The van der Waals surface area contributed by atoms with E-state index < -0.39 is 0 Å². The van der Waals surface area contributed by atoms with Crippen molar-refractivity contribution in [1.29, 1.82) is 0 Å². The summed E-state index contributed by atoms with van der Waals surface area (Å²) in [6.07, 6.45) is 26.9. The molecule has 0 fully saturated rings. The Kier molecular flexibility index (Phi) is 20.6. The molecule has 1 unspecified atom stereocenters. The first-order valence-electron chi connectivity index (χ1n) is 10.7. The van der Waals surface area contributed by atoms with Gasteiger partial charge in [-0.1, -0.05) is 122 Å². The third-order valence-electron chi connectivity index (χ3n) is 4.87. The molecule has 0 amide bonds. The SMILES string of the molecule is [CH2]C(Cl)CCCCCCCCCCCCCCCCCCCC. The molecule has 0 saturated heterocycles. The Hall–Kier alpha value is 0.290. The zero-order valence-electron chi connectivity index (χ0n) is 16.1. The van der Waals surface area contributed by atoms with Crippen molar-refractivity contribution in [3.63, 3.8) is 0 Å². The Labute approximate surface area is 153 Å². The van der Waals surface area contributed by atoms with Crippen LogP contribution in [0.3, 0.4) is 0 Å². The molecule has 0 spiro atoms. The lowest BCUT2D eigenvalue weighted by Gasteiger charge is -2.04. The standard InChI is InChI=1S/C22H44Cl/c1-3-4-5-6-7-8-9-10-11-12-13-14-15-16-17-18-19-20-21-22(2)23/h22H,2-21H2,1H3. The van der Waals surface area contributed by atoms with Crippen molar-refractivity contribution >= 4 is 11.6 Å². The van der Waals surface area contributed by atoms with Gasteiger partial charge in [-0.25, -0.2) is 0 Å². The molecule has 0 aliphatic rings. The van der Waals surface area contributed by atoms with E-state index in [0.29, 0.717) is 0 Å². The average Bonchev–Trinajstić information content (AvgIpc) is 2.53. The zero-order chi connectivity index (χ0) is 17.0. The highest BCUT2D eigenvalue weighted by atomic mass is 35.5. The van der Waals surface area contributed by atoms with Gasteiger partial charge in [0.15, 0.2) is 0 Å². The summed E-state index contributed by atoms with van der Waals surface area (Å²) in [5.74, 6) is 0. The van der Waals surface area contributed by atoms with Gasteiger partial charge >= 0.3 is 0 Å². The van der Waals surface area contributed by atoms with Crippen LogP contribution in [-0.4, -0.2) is 5.38 Å². The molecule has 0 saturated carbocycles. The van der Waals surface area contributed by atoms with Gasteiger partial charge in [-0.3, -0.25) is 0 Å². The van der Waals surface area contributed by atoms with Crippen LogP contribution in [0.1, 0.15) is 129 Å². The van der Waals surface area contributed by atoms with E-state index in [-0.39, 0.29) is 5.38 Å². The summed E-state index contributed by atoms with van der Waals surface area (Å²) < 4.78 is 0. The van der Waals surface area contributed by atoms with Gasteiger partial charge < -0.3 is 0 Å². The second-order valence-corrected chi connectivity index (χ2v) is 8.01. The van der Waals surface area contributed by atoms with E-state index >= 15 is 0 Å². The molecule has 139 valence electrons. The van der Waals surface area contributed by atoms with Crippen LogP contribution in [0.4, 0.5) is 0 Å². The third kappa shape index (κ3) is 22.3. The lowest BCUT2D eigenvalue weighted by Crippen LogP contribution is -1.90. The molecule has 0 heterocycles. The van der Waals surface area contributed by atoms with Crippen LogP contribution in [0.2, 0.25) is 0 Å². The molecule has 1 heteroatoms. The number of hydrogen-bond donors (Lipinski definition) is 0. The number of hydrogen-bond acceptors (Lipinski definition) is 0. The van der Waals surface area contributed by atoms with Gasteiger partial charge in [0, 0.05) is 5.38 Å². The lowest BCUT2D eigenvalue weighted by atomic mass is 10.0. The fourth-order valence-corrected chi connectivity index (χ4v) is 3.42. The summed E-state index contributed by atoms with van der Waals surface area (Å²) in [7, 11) is 0. The highest BCUT2D eigenvalue weighted by molar-refractivity contribution is 6.21. The predicted molar refractivity (Wildman–Crippen MR) is 108 cm³/mol. The topological polar surface area (TPSA) is 0 Å². The maximum atomic E-state index is 5.84. The summed E-state index contributed by atoms with van der Waals surface area (Å²) in [6.45, 7) is 6.11. The first kappa shape index (κ1) is 23.3. The van der Waals surface area contributed by atoms with Crippen LogP contribution >= 0.6 is 11.6 Å². The molecule has 0 N–H and O–H groups in total. The average molecular weight is 344 g/mol. The molecule has 0 nitrogen and oxygen atoms in total. The molecule has 0 aromatic carbocycles. The molecule has 0 bridgehead atoms. The monoisotopic (exact) mass is 343 g/mol. The summed E-state index contributed by atoms with van der Waals surface area (Å²) in [5, 5.41) is 0.121. The van der Waals surface area contributed by atoms with Gasteiger partial charge in [0.05, 0.1) is 0 Å². The summed E-state index contributed by atoms with van der Waals surface area (Å²) in [6, 6.07) is 0. The Morgan fingerprint density at radius 1 is 0.522 bits per heavy atom. The molecule has 0 aliphatic carbocycles. The first-order chi connectivity index (χ1) is 11.3. The van der Waals surface area contributed by atoms with Gasteiger partial charge in [-0.05, 0) is 13.3 Å². The maximum Gasteiger partial charge on any atom is 0.0336 e. The van der Waals surface area contributed by atoms with E-state index in [2.05, 4.69) is 13.8 Å². The van der Waals surface area contributed by atoms with Crippen LogP contribution in [0.5, 0.6) is 0 Å². The van der Waals surface area contributed by atoms with Crippen molar-refractivity contribution in [2.24, 2.45) is 0 Å². The summed E-state index contributed by atoms with van der Waals surface area (Å²) in [5.41, 5.74) is 0. The van der Waals surface area contributed by atoms with Crippen molar-refractivity contribution < 1.29 is 0 Å². The van der Waals surface area contributed by atoms with Gasteiger partial charge in [0.1, 0.15) is 0 Å². The largest absolute Gasteiger partial charge is 0.123 e. The number of halogens is 1. The van der Waals surface area contributed by atoms with Gasteiger partial charge in [-0.15, -0.1) is 11.6 Å². The van der Waals surface area contributed by atoms with Crippen LogP contribution < -0.4 is 0 Å². The minimum atomic E-state index is 0.121. The molecule has 1 atom stereocenters. The molecule has 0 aromatic rings. The van der Waals surface area contributed by atoms with Gasteiger partial charge in [0.2, 0.25) is 0 Å². The normalized spacial score (nSPS) is 12.7. The predicted octanol–water partition coefficient (Wildman–Crippen LogP) is 8.86. The van der Waals surface area contributed by atoms with Crippen LogP contribution in [0.15, 0.2) is 0 Å². The van der Waals surface area contributed by atoms with Crippen molar-refractivity contribution in [3.8, 4) is 0 Å².